The fraction of sp³-hybridized carbons (Fsp3) is 0.286. The molecule has 1 heterocycles. The van der Waals surface area contributed by atoms with E-state index in [-0.39, 0.29) is 11.4 Å². The predicted molar refractivity (Wildman–Crippen MR) is 73.3 cm³/mol. The number of nitrogens with one attached hydrogen (secondary N) is 1. The maximum absolute atomic E-state index is 13.2. The van der Waals surface area contributed by atoms with Gasteiger partial charge < -0.3 is 4.42 Å². The highest BCUT2D eigenvalue weighted by Gasteiger charge is 2.16. The summed E-state index contributed by atoms with van der Waals surface area (Å²) in [6, 6.07) is 5.49. The van der Waals surface area contributed by atoms with Gasteiger partial charge in [0.05, 0.1) is 4.90 Å². The molecule has 0 fully saturated rings. The minimum atomic E-state index is -3.66. The molecule has 0 unspecified atom stereocenters. The summed E-state index contributed by atoms with van der Waals surface area (Å²) in [5, 5.41) is 0. The molecule has 0 spiro atoms. The van der Waals surface area contributed by atoms with Gasteiger partial charge in [-0.15, -0.1) is 0 Å². The van der Waals surface area contributed by atoms with Gasteiger partial charge in [-0.1, -0.05) is 0 Å². The second-order valence-electron chi connectivity index (χ2n) is 4.67. The summed E-state index contributed by atoms with van der Waals surface area (Å²) < 4.78 is 45.2. The topological polar surface area (TPSA) is 59.3 Å². The molecular weight excluding hydrogens is 281 g/mol. The van der Waals surface area contributed by atoms with Crippen molar-refractivity contribution < 1.29 is 17.2 Å². The molecule has 0 amide bonds. The Morgan fingerprint density at radius 3 is 2.45 bits per heavy atom. The Morgan fingerprint density at radius 1 is 1.20 bits per heavy atom. The molecule has 1 N–H and O–H groups in total. The average molecular weight is 297 g/mol. The molecule has 6 heteroatoms. The zero-order chi connectivity index (χ0) is 14.9. The van der Waals surface area contributed by atoms with Crippen LogP contribution in [0.2, 0.25) is 0 Å². The van der Waals surface area contributed by atoms with Crippen LogP contribution in [0.3, 0.4) is 0 Å². The van der Waals surface area contributed by atoms with Crippen molar-refractivity contribution in [3.63, 3.8) is 0 Å². The van der Waals surface area contributed by atoms with Crippen molar-refractivity contribution in [2.45, 2.75) is 32.2 Å². The van der Waals surface area contributed by atoms with Crippen LogP contribution in [0.25, 0.3) is 0 Å². The van der Waals surface area contributed by atoms with E-state index in [4.69, 9.17) is 4.42 Å². The summed E-state index contributed by atoms with van der Waals surface area (Å²) in [7, 11) is -3.66. The first-order valence-electron chi connectivity index (χ1n) is 6.11. The van der Waals surface area contributed by atoms with Gasteiger partial charge in [0.25, 0.3) is 0 Å². The van der Waals surface area contributed by atoms with Gasteiger partial charge in [-0.2, -0.15) is 0 Å². The Morgan fingerprint density at radius 2 is 1.90 bits per heavy atom. The lowest BCUT2D eigenvalue weighted by Gasteiger charge is -2.07. The molecule has 2 aromatic rings. The number of hydrogen-bond acceptors (Lipinski definition) is 3. The first-order chi connectivity index (χ1) is 9.29. The van der Waals surface area contributed by atoms with Crippen LogP contribution in [0.1, 0.15) is 22.6 Å². The van der Waals surface area contributed by atoms with Crippen LogP contribution in [0.15, 0.2) is 33.6 Å². The van der Waals surface area contributed by atoms with Crippen LogP contribution in [-0.4, -0.2) is 8.42 Å². The fourth-order valence-electron chi connectivity index (χ4n) is 1.90. The molecule has 2 rings (SSSR count). The Bertz CT molecular complexity index is 735. The number of halogens is 1. The third kappa shape index (κ3) is 3.08. The van der Waals surface area contributed by atoms with Crippen molar-refractivity contribution in [1.29, 1.82) is 0 Å². The van der Waals surface area contributed by atoms with Crippen LogP contribution in [0, 0.1) is 26.6 Å². The van der Waals surface area contributed by atoms with Crippen LogP contribution < -0.4 is 4.72 Å². The van der Waals surface area contributed by atoms with Gasteiger partial charge >= 0.3 is 0 Å². The van der Waals surface area contributed by atoms with E-state index >= 15 is 0 Å². The fourth-order valence-corrected chi connectivity index (χ4v) is 2.99. The lowest BCUT2D eigenvalue weighted by Crippen LogP contribution is -2.23. The van der Waals surface area contributed by atoms with E-state index in [1.54, 1.807) is 19.9 Å². The minimum absolute atomic E-state index is 0.0502. The maximum Gasteiger partial charge on any atom is 0.240 e. The molecule has 0 bridgehead atoms. The van der Waals surface area contributed by atoms with Gasteiger partial charge in [0.15, 0.2) is 0 Å². The van der Waals surface area contributed by atoms with E-state index in [1.807, 2.05) is 0 Å². The molecule has 0 atom stereocenters. The number of hydrogen-bond donors (Lipinski definition) is 1. The quantitative estimate of drug-likeness (QED) is 0.944. The van der Waals surface area contributed by atoms with Crippen LogP contribution >= 0.6 is 0 Å². The van der Waals surface area contributed by atoms with Crippen LogP contribution in [0.5, 0.6) is 0 Å². The zero-order valence-electron chi connectivity index (χ0n) is 11.5. The van der Waals surface area contributed by atoms with E-state index in [0.29, 0.717) is 11.3 Å². The van der Waals surface area contributed by atoms with E-state index < -0.39 is 15.8 Å². The number of rotatable bonds is 4. The maximum atomic E-state index is 13.2. The first kappa shape index (κ1) is 14.7. The van der Waals surface area contributed by atoms with Crippen molar-refractivity contribution in [3.05, 3.63) is 52.7 Å². The summed E-state index contributed by atoms with van der Waals surface area (Å²) in [5.41, 5.74) is 1.08. The summed E-state index contributed by atoms with van der Waals surface area (Å²) in [5.74, 6) is 0.986. The minimum Gasteiger partial charge on any atom is -0.466 e. The molecule has 108 valence electrons. The summed E-state index contributed by atoms with van der Waals surface area (Å²) >= 11 is 0. The molecule has 4 nitrogen and oxygen atoms in total. The largest absolute Gasteiger partial charge is 0.466 e. The third-order valence-corrected chi connectivity index (χ3v) is 4.44. The highest BCUT2D eigenvalue weighted by molar-refractivity contribution is 7.89. The third-order valence-electron chi connectivity index (χ3n) is 3.04. The summed E-state index contributed by atoms with van der Waals surface area (Å²) in [4.78, 5) is 0.0502. The van der Waals surface area contributed by atoms with Crippen LogP contribution in [0.4, 0.5) is 4.39 Å². The van der Waals surface area contributed by atoms with Gasteiger partial charge in [0.1, 0.15) is 17.3 Å². The van der Waals surface area contributed by atoms with Gasteiger partial charge in [-0.3, -0.25) is 0 Å². The Kier molecular flexibility index (Phi) is 3.96. The van der Waals surface area contributed by atoms with E-state index in [0.717, 1.165) is 17.4 Å². The molecule has 20 heavy (non-hydrogen) atoms. The second-order valence-corrected chi connectivity index (χ2v) is 6.44. The molecular formula is C14H16FNO3S. The van der Waals surface area contributed by atoms with Crippen molar-refractivity contribution in [2.75, 3.05) is 0 Å². The second kappa shape index (κ2) is 5.38. The average Bonchev–Trinajstić information content (AvgIpc) is 2.69. The molecule has 1 aromatic carbocycles. The molecule has 0 aliphatic carbocycles. The van der Waals surface area contributed by atoms with Crippen molar-refractivity contribution in [1.82, 2.24) is 4.72 Å². The number of aryl methyl sites for hydroxylation is 3. The van der Waals surface area contributed by atoms with Crippen molar-refractivity contribution >= 4 is 10.0 Å². The van der Waals surface area contributed by atoms with Crippen molar-refractivity contribution in [2.24, 2.45) is 0 Å². The number of furan rings is 1. The van der Waals surface area contributed by atoms with Gasteiger partial charge in [0, 0.05) is 12.1 Å². The van der Waals surface area contributed by atoms with Crippen LogP contribution in [-0.2, 0) is 16.6 Å². The van der Waals surface area contributed by atoms with E-state index in [1.165, 1.54) is 19.1 Å². The SMILES string of the molecule is Cc1cc(CNS(=O)(=O)c2ccc(F)c(C)c2)c(C)o1. The van der Waals surface area contributed by atoms with Gasteiger partial charge in [-0.05, 0) is 50.6 Å². The summed E-state index contributed by atoms with van der Waals surface area (Å²) in [6.07, 6.45) is 0. The zero-order valence-corrected chi connectivity index (χ0v) is 12.3. The standard InChI is InChI=1S/C14H16FNO3S/c1-9-6-13(4-5-14(9)15)20(17,18)16-8-12-7-10(2)19-11(12)3/h4-7,16H,8H2,1-3H3. The van der Waals surface area contributed by atoms with Gasteiger partial charge in [0.2, 0.25) is 10.0 Å². The molecule has 0 aliphatic rings. The predicted octanol–water partition coefficient (Wildman–Crippen LogP) is 2.82. The Labute approximate surface area is 117 Å². The highest BCUT2D eigenvalue weighted by atomic mass is 32.2. The number of benzene rings is 1. The van der Waals surface area contributed by atoms with Crippen molar-refractivity contribution in [3.8, 4) is 0 Å². The Hall–Kier alpha value is -1.66. The molecule has 0 aliphatic heterocycles. The molecule has 0 radical (unpaired) electrons. The van der Waals surface area contributed by atoms with E-state index in [2.05, 4.69) is 4.72 Å². The monoisotopic (exact) mass is 297 g/mol. The first-order valence-corrected chi connectivity index (χ1v) is 7.59. The smallest absolute Gasteiger partial charge is 0.240 e. The Balaban J connectivity index is 2.19. The lowest BCUT2D eigenvalue weighted by atomic mass is 10.2. The number of sulfonamides is 1. The lowest BCUT2D eigenvalue weighted by molar-refractivity contribution is 0.500. The van der Waals surface area contributed by atoms with E-state index in [9.17, 15) is 12.8 Å². The van der Waals surface area contributed by atoms with Gasteiger partial charge in [-0.25, -0.2) is 17.5 Å². The normalized spacial score (nSPS) is 11.8. The molecule has 0 saturated carbocycles. The highest BCUT2D eigenvalue weighted by Crippen LogP contribution is 2.17. The molecule has 1 aromatic heterocycles. The summed E-state index contributed by atoms with van der Waals surface area (Å²) in [6.45, 7) is 5.24. The molecule has 0 saturated heterocycles.